The zero-order valence-electron chi connectivity index (χ0n) is 17.7. The molecule has 2 atom stereocenters. The van der Waals surface area contributed by atoms with Gasteiger partial charge in [-0.05, 0) is 64.7 Å². The minimum absolute atomic E-state index is 0.156. The topological polar surface area (TPSA) is 70.1 Å². The molecular formula is C21H38N2O4. The molecule has 6 nitrogen and oxygen atoms in total. The maximum Gasteiger partial charge on any atom is 0.410 e. The number of carbonyl (C=O) groups excluding carboxylic acids is 2. The summed E-state index contributed by atoms with van der Waals surface area (Å²) < 4.78 is 5.44. The lowest BCUT2D eigenvalue weighted by atomic mass is 9.89. The van der Waals surface area contributed by atoms with E-state index in [1.54, 1.807) is 4.90 Å². The molecule has 0 radical (unpaired) electrons. The highest BCUT2D eigenvalue weighted by atomic mass is 16.6. The zero-order valence-corrected chi connectivity index (χ0v) is 17.7. The molecule has 0 aromatic rings. The number of amides is 2. The molecule has 27 heavy (non-hydrogen) atoms. The Hall–Kier alpha value is -1.30. The van der Waals surface area contributed by atoms with Gasteiger partial charge in [0.1, 0.15) is 5.60 Å². The number of hydrogen-bond acceptors (Lipinski definition) is 4. The average molecular weight is 383 g/mol. The Morgan fingerprint density at radius 1 is 1.11 bits per heavy atom. The Morgan fingerprint density at radius 2 is 1.74 bits per heavy atom. The van der Waals surface area contributed by atoms with Gasteiger partial charge in [-0.2, -0.15) is 0 Å². The van der Waals surface area contributed by atoms with Crippen molar-refractivity contribution in [2.45, 2.75) is 90.9 Å². The molecule has 2 aliphatic rings. The van der Waals surface area contributed by atoms with Gasteiger partial charge in [0.15, 0.2) is 0 Å². The molecule has 0 aromatic carbocycles. The molecule has 0 aromatic heterocycles. The minimum atomic E-state index is -0.478. The number of nitrogens with zero attached hydrogens (tertiary/aromatic N) is 2. The standard InChI is InChI=1S/C21H38N2O4/c1-15(2)12-17-14-18(24)8-11-23(17)19(25)13-16-6-9-22(10-7-16)20(26)27-21(3,4)5/h15-18,24H,6-14H2,1-5H3. The summed E-state index contributed by atoms with van der Waals surface area (Å²) >= 11 is 0. The van der Waals surface area contributed by atoms with Crippen molar-refractivity contribution in [3.8, 4) is 0 Å². The molecule has 6 heteroatoms. The summed E-state index contributed by atoms with van der Waals surface area (Å²) in [7, 11) is 0. The molecule has 156 valence electrons. The summed E-state index contributed by atoms with van der Waals surface area (Å²) in [6, 6.07) is 0.156. The molecule has 1 N–H and O–H groups in total. The predicted molar refractivity (Wildman–Crippen MR) is 105 cm³/mol. The van der Waals surface area contributed by atoms with Crippen LogP contribution in [0.25, 0.3) is 0 Å². The van der Waals surface area contributed by atoms with E-state index in [1.165, 1.54) is 0 Å². The molecule has 2 fully saturated rings. The van der Waals surface area contributed by atoms with Crippen LogP contribution in [0.2, 0.25) is 0 Å². The summed E-state index contributed by atoms with van der Waals surface area (Å²) in [6.07, 6.45) is 4.02. The minimum Gasteiger partial charge on any atom is -0.444 e. The highest BCUT2D eigenvalue weighted by Gasteiger charge is 2.33. The van der Waals surface area contributed by atoms with Crippen LogP contribution in [0.15, 0.2) is 0 Å². The van der Waals surface area contributed by atoms with Gasteiger partial charge in [-0.3, -0.25) is 4.79 Å². The third-order valence-corrected chi connectivity index (χ3v) is 5.48. The number of hydrogen-bond donors (Lipinski definition) is 1. The number of carbonyl (C=O) groups is 2. The van der Waals surface area contributed by atoms with Gasteiger partial charge in [0.2, 0.25) is 5.91 Å². The molecule has 2 unspecified atom stereocenters. The van der Waals surface area contributed by atoms with Gasteiger partial charge in [-0.25, -0.2) is 4.79 Å². The first-order chi connectivity index (χ1) is 12.5. The van der Waals surface area contributed by atoms with Gasteiger partial charge in [0.05, 0.1) is 6.10 Å². The molecule has 2 amide bonds. The first-order valence-corrected chi connectivity index (χ1v) is 10.5. The van der Waals surface area contributed by atoms with Gasteiger partial charge in [-0.15, -0.1) is 0 Å². The summed E-state index contributed by atoms with van der Waals surface area (Å²) in [5, 5.41) is 9.99. The van der Waals surface area contributed by atoms with Crippen LogP contribution in [-0.4, -0.2) is 64.3 Å². The van der Waals surface area contributed by atoms with Crippen molar-refractivity contribution >= 4 is 12.0 Å². The Kier molecular flexibility index (Phi) is 7.55. The van der Waals surface area contributed by atoms with Gasteiger partial charge in [0.25, 0.3) is 0 Å². The van der Waals surface area contributed by atoms with Gasteiger partial charge in [-0.1, -0.05) is 13.8 Å². The summed E-state index contributed by atoms with van der Waals surface area (Å²) in [6.45, 7) is 11.9. The van der Waals surface area contributed by atoms with Crippen molar-refractivity contribution in [1.29, 1.82) is 0 Å². The first-order valence-electron chi connectivity index (χ1n) is 10.5. The van der Waals surface area contributed by atoms with Crippen molar-refractivity contribution in [2.24, 2.45) is 11.8 Å². The van der Waals surface area contributed by atoms with Crippen molar-refractivity contribution in [2.75, 3.05) is 19.6 Å². The monoisotopic (exact) mass is 382 g/mol. The maximum atomic E-state index is 12.9. The van der Waals surface area contributed by atoms with Crippen LogP contribution in [0.4, 0.5) is 4.79 Å². The van der Waals surface area contributed by atoms with Crippen LogP contribution in [0.3, 0.4) is 0 Å². The summed E-state index contributed by atoms with van der Waals surface area (Å²) in [4.78, 5) is 28.8. The molecule has 0 spiro atoms. The van der Waals surface area contributed by atoms with Crippen LogP contribution < -0.4 is 0 Å². The van der Waals surface area contributed by atoms with Gasteiger partial charge in [0, 0.05) is 32.1 Å². The van der Waals surface area contributed by atoms with E-state index in [4.69, 9.17) is 4.74 Å². The van der Waals surface area contributed by atoms with Crippen LogP contribution in [0, 0.1) is 11.8 Å². The second-order valence-corrected chi connectivity index (χ2v) is 9.66. The molecular weight excluding hydrogens is 344 g/mol. The van der Waals surface area contributed by atoms with Crippen LogP contribution in [0.1, 0.15) is 73.1 Å². The number of aliphatic hydroxyl groups is 1. The first kappa shape index (κ1) is 22.0. The van der Waals surface area contributed by atoms with E-state index in [-0.39, 0.29) is 24.1 Å². The quantitative estimate of drug-likeness (QED) is 0.809. The van der Waals surface area contributed by atoms with Gasteiger partial charge < -0.3 is 19.6 Å². The van der Waals surface area contributed by atoms with E-state index in [0.29, 0.717) is 50.7 Å². The van der Waals surface area contributed by atoms with Crippen molar-refractivity contribution < 1.29 is 19.4 Å². The van der Waals surface area contributed by atoms with Crippen molar-refractivity contribution in [3.05, 3.63) is 0 Å². The molecule has 2 heterocycles. The lowest BCUT2D eigenvalue weighted by molar-refractivity contribution is -0.138. The molecule has 2 saturated heterocycles. The normalized spacial score (nSPS) is 25.0. The highest BCUT2D eigenvalue weighted by molar-refractivity contribution is 5.77. The fraction of sp³-hybridized carbons (Fsp3) is 0.905. The van der Waals surface area contributed by atoms with E-state index in [1.807, 2.05) is 25.7 Å². The second-order valence-electron chi connectivity index (χ2n) is 9.66. The highest BCUT2D eigenvalue weighted by Crippen LogP contribution is 2.27. The molecule has 0 aliphatic carbocycles. The third-order valence-electron chi connectivity index (χ3n) is 5.48. The SMILES string of the molecule is CC(C)CC1CC(O)CCN1C(=O)CC1CCN(C(=O)OC(C)(C)C)CC1. The summed E-state index contributed by atoms with van der Waals surface area (Å²) in [5.74, 6) is 1.04. The van der Waals surface area contributed by atoms with E-state index < -0.39 is 5.60 Å². The Balaban J connectivity index is 1.83. The van der Waals surface area contributed by atoms with Crippen LogP contribution in [0.5, 0.6) is 0 Å². The van der Waals surface area contributed by atoms with Crippen LogP contribution >= 0.6 is 0 Å². The fourth-order valence-corrected chi connectivity index (χ4v) is 4.14. The fourth-order valence-electron chi connectivity index (χ4n) is 4.14. The number of aliphatic hydroxyl groups excluding tert-OH is 1. The molecule has 0 saturated carbocycles. The van der Waals surface area contributed by atoms with Crippen molar-refractivity contribution in [3.63, 3.8) is 0 Å². The Labute approximate surface area is 164 Å². The number of likely N-dealkylation sites (tertiary alicyclic amines) is 2. The van der Waals surface area contributed by atoms with Crippen LogP contribution in [-0.2, 0) is 9.53 Å². The molecule has 0 bridgehead atoms. The molecule has 2 rings (SSSR count). The Morgan fingerprint density at radius 3 is 2.30 bits per heavy atom. The smallest absolute Gasteiger partial charge is 0.410 e. The molecule has 2 aliphatic heterocycles. The number of ether oxygens (including phenoxy) is 1. The predicted octanol–water partition coefficient (Wildman–Crippen LogP) is 3.42. The van der Waals surface area contributed by atoms with E-state index in [2.05, 4.69) is 13.8 Å². The van der Waals surface area contributed by atoms with Gasteiger partial charge >= 0.3 is 6.09 Å². The van der Waals surface area contributed by atoms with E-state index >= 15 is 0 Å². The Bertz CT molecular complexity index is 505. The summed E-state index contributed by atoms with van der Waals surface area (Å²) in [5.41, 5.74) is -0.478. The van der Waals surface area contributed by atoms with E-state index in [9.17, 15) is 14.7 Å². The number of rotatable bonds is 4. The lowest BCUT2D eigenvalue weighted by Crippen LogP contribution is -2.49. The maximum absolute atomic E-state index is 12.9. The number of piperidine rings is 2. The third kappa shape index (κ3) is 6.98. The largest absolute Gasteiger partial charge is 0.444 e. The van der Waals surface area contributed by atoms with Crippen molar-refractivity contribution in [1.82, 2.24) is 9.80 Å². The van der Waals surface area contributed by atoms with E-state index in [0.717, 1.165) is 19.3 Å². The lowest BCUT2D eigenvalue weighted by Gasteiger charge is -2.40. The second kappa shape index (κ2) is 9.26. The average Bonchev–Trinajstić information content (AvgIpc) is 2.53. The zero-order chi connectivity index (χ0) is 20.2.